The third-order valence-corrected chi connectivity index (χ3v) is 13.1. The quantitative estimate of drug-likeness (QED) is 0.160. The summed E-state index contributed by atoms with van der Waals surface area (Å²) >= 11 is 0. The Morgan fingerprint density at radius 1 is 0.258 bits per heavy atom. The van der Waals surface area contributed by atoms with Crippen LogP contribution < -0.4 is 0 Å². The summed E-state index contributed by atoms with van der Waals surface area (Å²) in [5.74, 6) is 0.702. The van der Waals surface area contributed by atoms with Crippen LogP contribution in [0.25, 0.3) is 122 Å². The van der Waals surface area contributed by atoms with Gasteiger partial charge in [-0.15, -0.1) is 0 Å². The van der Waals surface area contributed by atoms with Gasteiger partial charge in [-0.2, -0.15) is 0 Å². The normalized spacial score (nSPS) is 11.6. The van der Waals surface area contributed by atoms with E-state index in [0.29, 0.717) is 5.82 Å². The number of fused-ring (bicyclic) bond motifs is 7. The van der Waals surface area contributed by atoms with Gasteiger partial charge < -0.3 is 9.13 Å². The first kappa shape index (κ1) is 37.7. The Labute approximate surface area is 382 Å². The van der Waals surface area contributed by atoms with E-state index in [0.717, 1.165) is 61.6 Å². The van der Waals surface area contributed by atoms with Gasteiger partial charge in [0.2, 0.25) is 0 Å². The zero-order chi connectivity index (χ0) is 43.6. The predicted molar refractivity (Wildman–Crippen MR) is 275 cm³/mol. The number of para-hydroxylation sites is 2. The van der Waals surface area contributed by atoms with Crippen LogP contribution in [0.2, 0.25) is 0 Å². The van der Waals surface area contributed by atoms with Crippen molar-refractivity contribution in [3.8, 4) is 67.5 Å². The fourth-order valence-corrected chi connectivity index (χ4v) is 10.00. The van der Waals surface area contributed by atoms with Gasteiger partial charge in [-0.3, -0.25) is 0 Å². The van der Waals surface area contributed by atoms with Gasteiger partial charge in [0, 0.05) is 49.6 Å². The molecule has 0 bridgehead atoms. The van der Waals surface area contributed by atoms with Crippen molar-refractivity contribution in [3.63, 3.8) is 0 Å². The SMILES string of the molecule is c1ccc(-c2cc(-c3cccc(-n4c5ccccc5c5ccc(-c6ccc7c8ccccc8n(-c8ccc(-c9cccc%10ccccc9%10)cc8)c7c6)cc54)c3)nc(-c3ccccc3)n2)cc1. The van der Waals surface area contributed by atoms with Crippen molar-refractivity contribution in [2.45, 2.75) is 0 Å². The minimum atomic E-state index is 0.702. The molecule has 3 aromatic heterocycles. The highest BCUT2D eigenvalue weighted by molar-refractivity contribution is 6.12. The fourth-order valence-electron chi connectivity index (χ4n) is 10.00. The van der Waals surface area contributed by atoms with Crippen molar-refractivity contribution in [1.82, 2.24) is 19.1 Å². The van der Waals surface area contributed by atoms with Crippen LogP contribution in [0, 0.1) is 0 Å². The Morgan fingerprint density at radius 3 is 1.41 bits per heavy atom. The van der Waals surface area contributed by atoms with E-state index in [1.54, 1.807) is 0 Å². The van der Waals surface area contributed by atoms with Crippen molar-refractivity contribution in [2.75, 3.05) is 0 Å². The molecule has 308 valence electrons. The van der Waals surface area contributed by atoms with Crippen LogP contribution in [-0.2, 0) is 0 Å². The lowest BCUT2D eigenvalue weighted by molar-refractivity contribution is 1.16. The molecule has 0 N–H and O–H groups in total. The summed E-state index contributed by atoms with van der Waals surface area (Å²) in [4.78, 5) is 10.2. The van der Waals surface area contributed by atoms with E-state index >= 15 is 0 Å². The van der Waals surface area contributed by atoms with Crippen LogP contribution in [0.15, 0.2) is 243 Å². The van der Waals surface area contributed by atoms with Crippen molar-refractivity contribution in [1.29, 1.82) is 0 Å². The van der Waals surface area contributed by atoms with Crippen molar-refractivity contribution >= 4 is 54.4 Å². The first-order valence-corrected chi connectivity index (χ1v) is 22.5. The second-order valence-corrected chi connectivity index (χ2v) is 17.0. The summed E-state index contributed by atoms with van der Waals surface area (Å²) in [6.07, 6.45) is 0. The maximum Gasteiger partial charge on any atom is 0.160 e. The molecule has 0 aliphatic rings. The van der Waals surface area contributed by atoms with Gasteiger partial charge >= 0.3 is 0 Å². The van der Waals surface area contributed by atoms with Gasteiger partial charge in [0.05, 0.1) is 33.5 Å². The van der Waals surface area contributed by atoms with E-state index in [1.165, 1.54) is 54.5 Å². The Bertz CT molecular complexity index is 3910. The minimum absolute atomic E-state index is 0.702. The Kier molecular flexibility index (Phi) is 8.81. The van der Waals surface area contributed by atoms with E-state index in [4.69, 9.17) is 9.97 Å². The molecule has 4 nitrogen and oxygen atoms in total. The average Bonchev–Trinajstić information content (AvgIpc) is 3.91. The van der Waals surface area contributed by atoms with Crippen LogP contribution in [0.5, 0.6) is 0 Å². The van der Waals surface area contributed by atoms with Crippen LogP contribution >= 0.6 is 0 Å². The second-order valence-electron chi connectivity index (χ2n) is 17.0. The lowest BCUT2D eigenvalue weighted by Crippen LogP contribution is -1.98. The first-order chi connectivity index (χ1) is 32.7. The Balaban J connectivity index is 0.941. The van der Waals surface area contributed by atoms with Gasteiger partial charge in [-0.05, 0) is 87.6 Å². The van der Waals surface area contributed by atoms with E-state index in [-0.39, 0.29) is 0 Å². The van der Waals surface area contributed by atoms with E-state index < -0.39 is 0 Å². The average molecular weight is 841 g/mol. The summed E-state index contributed by atoms with van der Waals surface area (Å²) < 4.78 is 4.82. The van der Waals surface area contributed by atoms with Gasteiger partial charge in [-0.25, -0.2) is 9.97 Å². The molecule has 13 aromatic rings. The monoisotopic (exact) mass is 840 g/mol. The number of aromatic nitrogens is 4. The van der Waals surface area contributed by atoms with Gasteiger partial charge in [0.25, 0.3) is 0 Å². The number of benzene rings is 10. The number of nitrogens with zero attached hydrogens (tertiary/aromatic N) is 4. The summed E-state index contributed by atoms with van der Waals surface area (Å²) in [6.45, 7) is 0. The molecule has 0 radical (unpaired) electrons. The minimum Gasteiger partial charge on any atom is -0.309 e. The molecule has 13 rings (SSSR count). The third kappa shape index (κ3) is 6.30. The van der Waals surface area contributed by atoms with Crippen molar-refractivity contribution < 1.29 is 0 Å². The zero-order valence-corrected chi connectivity index (χ0v) is 35.9. The first-order valence-electron chi connectivity index (χ1n) is 22.5. The van der Waals surface area contributed by atoms with Crippen LogP contribution in [0.3, 0.4) is 0 Å². The molecule has 66 heavy (non-hydrogen) atoms. The molecule has 0 aliphatic heterocycles. The van der Waals surface area contributed by atoms with E-state index in [9.17, 15) is 0 Å². The van der Waals surface area contributed by atoms with Crippen LogP contribution in [0.4, 0.5) is 0 Å². The summed E-state index contributed by atoms with van der Waals surface area (Å²) in [7, 11) is 0. The Morgan fingerprint density at radius 2 is 0.742 bits per heavy atom. The molecule has 10 aromatic carbocycles. The zero-order valence-electron chi connectivity index (χ0n) is 35.9. The lowest BCUT2D eigenvalue weighted by atomic mass is 9.98. The summed E-state index contributed by atoms with van der Waals surface area (Å²) in [6, 6.07) is 87.1. The van der Waals surface area contributed by atoms with Gasteiger partial charge in [0.1, 0.15) is 0 Å². The molecular formula is C62H40N4. The van der Waals surface area contributed by atoms with Gasteiger partial charge in [-0.1, -0.05) is 188 Å². The molecule has 0 saturated heterocycles. The molecule has 0 aliphatic carbocycles. The standard InChI is InChI=1S/C62H40N4/c1-3-16-43(17-4-1)56-40-57(64-62(63-56)44-18-5-2-6-19-44)47-21-13-22-49(37-47)66-59-28-12-10-25-53(59)55-36-32-46(39-61(55)66)45-31-35-54-52-24-9-11-27-58(52)65(60(54)38-45)48-33-29-42(30-34-48)51-26-14-20-41-15-7-8-23-50(41)51/h1-40H. The fraction of sp³-hybridized carbons (Fsp3) is 0. The lowest BCUT2D eigenvalue weighted by Gasteiger charge is -2.13. The van der Waals surface area contributed by atoms with Crippen molar-refractivity contribution in [2.24, 2.45) is 0 Å². The highest BCUT2D eigenvalue weighted by atomic mass is 15.0. The smallest absolute Gasteiger partial charge is 0.160 e. The third-order valence-electron chi connectivity index (χ3n) is 13.1. The second kappa shape index (κ2) is 15.4. The molecule has 0 unspecified atom stereocenters. The number of rotatable bonds is 7. The topological polar surface area (TPSA) is 35.6 Å². The molecule has 0 spiro atoms. The van der Waals surface area contributed by atoms with Crippen LogP contribution in [-0.4, -0.2) is 19.1 Å². The molecule has 0 amide bonds. The molecular weight excluding hydrogens is 801 g/mol. The van der Waals surface area contributed by atoms with E-state index in [1.807, 2.05) is 24.3 Å². The van der Waals surface area contributed by atoms with Gasteiger partial charge in [0.15, 0.2) is 5.82 Å². The molecule has 0 atom stereocenters. The maximum atomic E-state index is 5.18. The molecule has 3 heterocycles. The highest BCUT2D eigenvalue weighted by Gasteiger charge is 2.18. The summed E-state index contributed by atoms with van der Waals surface area (Å²) in [5.41, 5.74) is 16.5. The predicted octanol–water partition coefficient (Wildman–Crippen LogP) is 16.2. The Hall–Kier alpha value is -8.86. The number of hydrogen-bond donors (Lipinski definition) is 0. The van der Waals surface area contributed by atoms with Crippen molar-refractivity contribution in [3.05, 3.63) is 243 Å². The molecule has 0 saturated carbocycles. The number of hydrogen-bond acceptors (Lipinski definition) is 2. The maximum absolute atomic E-state index is 5.18. The highest BCUT2D eigenvalue weighted by Crippen LogP contribution is 2.40. The largest absolute Gasteiger partial charge is 0.309 e. The van der Waals surface area contributed by atoms with Crippen LogP contribution in [0.1, 0.15) is 0 Å². The van der Waals surface area contributed by atoms with E-state index in [2.05, 4.69) is 228 Å². The molecule has 4 heteroatoms. The summed E-state index contributed by atoms with van der Waals surface area (Å²) in [5, 5.41) is 7.41. The molecule has 0 fully saturated rings.